The topological polar surface area (TPSA) is 57.6 Å². The third kappa shape index (κ3) is 2.42. The van der Waals surface area contributed by atoms with Crippen LogP contribution in [0.5, 0.6) is 0 Å². The first-order valence-corrected chi connectivity index (χ1v) is 6.61. The number of rotatable bonds is 2. The zero-order chi connectivity index (χ0) is 12.4. The van der Waals surface area contributed by atoms with Crippen molar-refractivity contribution < 1.29 is 14.7 Å². The van der Waals surface area contributed by atoms with Crippen molar-refractivity contribution in [3.8, 4) is 0 Å². The molecule has 0 saturated carbocycles. The van der Waals surface area contributed by atoms with Gasteiger partial charge in [0.25, 0.3) is 5.91 Å². The summed E-state index contributed by atoms with van der Waals surface area (Å²) in [6.45, 7) is 0. The minimum atomic E-state index is -0.958. The Balaban J connectivity index is 2.26. The first-order chi connectivity index (χ1) is 8.11. The highest BCUT2D eigenvalue weighted by molar-refractivity contribution is 7.99. The molecule has 1 saturated heterocycles. The molecule has 1 aromatic carbocycles. The van der Waals surface area contributed by atoms with Crippen LogP contribution in [0.4, 0.5) is 0 Å². The van der Waals surface area contributed by atoms with Crippen LogP contribution in [0.25, 0.3) is 0 Å². The number of benzene rings is 1. The van der Waals surface area contributed by atoms with E-state index in [1.165, 1.54) is 16.7 Å². The van der Waals surface area contributed by atoms with Gasteiger partial charge in [-0.3, -0.25) is 4.79 Å². The molecule has 4 nitrogen and oxygen atoms in total. The van der Waals surface area contributed by atoms with E-state index < -0.39 is 12.0 Å². The fraction of sp³-hybridized carbons (Fsp3) is 0.273. The molecule has 6 heteroatoms. The van der Waals surface area contributed by atoms with Crippen molar-refractivity contribution in [2.45, 2.75) is 10.9 Å². The Kier molecular flexibility index (Phi) is 3.63. The predicted octanol–water partition coefficient (Wildman–Crippen LogP) is 1.57. The standard InChI is InChI=1S/C11H11NO3S2/c13-10(7-3-1-2-4-9(7)16)12-6-17-5-8(12)11(14)15/h1-4,8,16H,5-6H2,(H,14,15)/t8-/m0/s1. The minimum absolute atomic E-state index is 0.270. The molecule has 1 atom stereocenters. The van der Waals surface area contributed by atoms with Gasteiger partial charge >= 0.3 is 5.97 Å². The van der Waals surface area contributed by atoms with Crippen molar-refractivity contribution in [3.63, 3.8) is 0 Å². The number of carbonyl (C=O) groups excluding carboxylic acids is 1. The molecule has 1 heterocycles. The van der Waals surface area contributed by atoms with E-state index in [0.29, 0.717) is 22.1 Å². The van der Waals surface area contributed by atoms with E-state index in [1.807, 2.05) is 0 Å². The Hall–Kier alpha value is -1.14. The molecular formula is C11H11NO3S2. The van der Waals surface area contributed by atoms with E-state index in [-0.39, 0.29) is 5.91 Å². The Morgan fingerprint density at radius 3 is 2.76 bits per heavy atom. The van der Waals surface area contributed by atoms with E-state index in [0.717, 1.165) is 0 Å². The van der Waals surface area contributed by atoms with Crippen LogP contribution in [0, 0.1) is 0 Å². The van der Waals surface area contributed by atoms with Crippen LogP contribution in [-0.4, -0.2) is 39.6 Å². The summed E-state index contributed by atoms with van der Waals surface area (Å²) in [4.78, 5) is 25.1. The maximum Gasteiger partial charge on any atom is 0.327 e. The molecule has 1 aliphatic rings. The van der Waals surface area contributed by atoms with Gasteiger partial charge in [-0.15, -0.1) is 24.4 Å². The molecular weight excluding hydrogens is 258 g/mol. The molecule has 0 aliphatic carbocycles. The number of nitrogens with zero attached hydrogens (tertiary/aromatic N) is 1. The van der Waals surface area contributed by atoms with Gasteiger partial charge in [0.05, 0.1) is 11.4 Å². The van der Waals surface area contributed by atoms with Gasteiger partial charge in [-0.25, -0.2) is 4.79 Å². The summed E-state index contributed by atoms with van der Waals surface area (Å²) in [5.74, 6) is -0.374. The minimum Gasteiger partial charge on any atom is -0.480 e. The van der Waals surface area contributed by atoms with E-state index in [1.54, 1.807) is 24.3 Å². The van der Waals surface area contributed by atoms with Crippen molar-refractivity contribution in [2.24, 2.45) is 0 Å². The highest BCUT2D eigenvalue weighted by Crippen LogP contribution is 2.25. The lowest BCUT2D eigenvalue weighted by Gasteiger charge is -2.21. The zero-order valence-electron chi connectivity index (χ0n) is 8.87. The Morgan fingerprint density at radius 2 is 2.12 bits per heavy atom. The van der Waals surface area contributed by atoms with Gasteiger partial charge < -0.3 is 10.0 Å². The molecule has 0 spiro atoms. The van der Waals surface area contributed by atoms with E-state index in [4.69, 9.17) is 5.11 Å². The molecule has 0 unspecified atom stereocenters. The number of amides is 1. The maximum absolute atomic E-state index is 12.2. The second kappa shape index (κ2) is 5.01. The highest BCUT2D eigenvalue weighted by atomic mass is 32.2. The molecule has 1 fully saturated rings. The molecule has 1 amide bonds. The number of carboxylic acids is 1. The van der Waals surface area contributed by atoms with E-state index in [2.05, 4.69) is 12.6 Å². The van der Waals surface area contributed by atoms with Gasteiger partial charge in [0.2, 0.25) is 0 Å². The smallest absolute Gasteiger partial charge is 0.327 e. The summed E-state index contributed by atoms with van der Waals surface area (Å²) in [5.41, 5.74) is 0.449. The lowest BCUT2D eigenvalue weighted by Crippen LogP contribution is -2.41. The predicted molar refractivity (Wildman–Crippen MR) is 68.6 cm³/mol. The second-order valence-corrected chi connectivity index (χ2v) is 5.13. The highest BCUT2D eigenvalue weighted by Gasteiger charge is 2.35. The van der Waals surface area contributed by atoms with Crippen molar-refractivity contribution in [1.29, 1.82) is 0 Å². The Labute approximate surface area is 108 Å². The van der Waals surface area contributed by atoms with Crippen molar-refractivity contribution in [1.82, 2.24) is 4.90 Å². The number of thioether (sulfide) groups is 1. The molecule has 0 bridgehead atoms. The molecule has 0 radical (unpaired) electrons. The summed E-state index contributed by atoms with van der Waals surface area (Å²) >= 11 is 5.66. The SMILES string of the molecule is O=C(O)[C@@H]1CSCN1C(=O)c1ccccc1S. The first-order valence-electron chi connectivity index (χ1n) is 5.01. The third-order valence-corrected chi connectivity index (χ3v) is 3.96. The average molecular weight is 269 g/mol. The molecule has 2 rings (SSSR count). The monoisotopic (exact) mass is 269 g/mol. The van der Waals surface area contributed by atoms with Crippen molar-refractivity contribution in [3.05, 3.63) is 29.8 Å². The van der Waals surface area contributed by atoms with Gasteiger partial charge in [0.1, 0.15) is 6.04 Å². The fourth-order valence-corrected chi connectivity index (χ4v) is 3.06. The van der Waals surface area contributed by atoms with Crippen LogP contribution in [0.3, 0.4) is 0 Å². The normalized spacial score (nSPS) is 19.4. The summed E-state index contributed by atoms with van der Waals surface area (Å²) < 4.78 is 0. The zero-order valence-corrected chi connectivity index (χ0v) is 10.6. The van der Waals surface area contributed by atoms with Crippen LogP contribution in [0.2, 0.25) is 0 Å². The lowest BCUT2D eigenvalue weighted by molar-refractivity contribution is -0.140. The Bertz CT molecular complexity index is 464. The van der Waals surface area contributed by atoms with E-state index >= 15 is 0 Å². The summed E-state index contributed by atoms with van der Waals surface area (Å²) in [6, 6.07) is 6.17. The molecule has 1 aromatic rings. The largest absolute Gasteiger partial charge is 0.480 e. The number of thiol groups is 1. The van der Waals surface area contributed by atoms with Crippen LogP contribution < -0.4 is 0 Å². The maximum atomic E-state index is 12.2. The summed E-state index contributed by atoms with van der Waals surface area (Å²) in [6.07, 6.45) is 0. The van der Waals surface area contributed by atoms with Crippen molar-refractivity contribution >= 4 is 36.3 Å². The van der Waals surface area contributed by atoms with Crippen LogP contribution in [0.15, 0.2) is 29.2 Å². The number of carboxylic acid groups (broad SMARTS) is 1. The average Bonchev–Trinajstić information content (AvgIpc) is 2.77. The number of aliphatic carboxylic acids is 1. The summed E-state index contributed by atoms with van der Waals surface area (Å²) in [7, 11) is 0. The van der Waals surface area contributed by atoms with Gasteiger partial charge in [0.15, 0.2) is 0 Å². The number of carbonyl (C=O) groups is 2. The number of hydrogen-bond donors (Lipinski definition) is 2. The lowest BCUT2D eigenvalue weighted by atomic mass is 10.2. The van der Waals surface area contributed by atoms with Crippen molar-refractivity contribution in [2.75, 3.05) is 11.6 Å². The van der Waals surface area contributed by atoms with Gasteiger partial charge in [-0.2, -0.15) is 0 Å². The second-order valence-electron chi connectivity index (χ2n) is 3.65. The molecule has 90 valence electrons. The molecule has 1 N–H and O–H groups in total. The van der Waals surface area contributed by atoms with Gasteiger partial charge in [-0.05, 0) is 12.1 Å². The third-order valence-electron chi connectivity index (χ3n) is 2.56. The summed E-state index contributed by atoms with van der Waals surface area (Å²) in [5, 5.41) is 9.02. The van der Waals surface area contributed by atoms with Gasteiger partial charge in [0, 0.05) is 10.6 Å². The van der Waals surface area contributed by atoms with E-state index in [9.17, 15) is 9.59 Å². The molecule has 1 aliphatic heterocycles. The quantitative estimate of drug-likeness (QED) is 0.800. The first kappa shape index (κ1) is 12.3. The number of hydrogen-bond acceptors (Lipinski definition) is 4. The van der Waals surface area contributed by atoms with Gasteiger partial charge in [-0.1, -0.05) is 12.1 Å². The van der Waals surface area contributed by atoms with Crippen LogP contribution in [-0.2, 0) is 4.79 Å². The fourth-order valence-electron chi connectivity index (χ4n) is 1.66. The Morgan fingerprint density at radius 1 is 1.41 bits per heavy atom. The van der Waals surface area contributed by atoms with Crippen LogP contribution in [0.1, 0.15) is 10.4 Å². The van der Waals surface area contributed by atoms with Crippen LogP contribution >= 0.6 is 24.4 Å². The molecule has 0 aromatic heterocycles. The molecule has 17 heavy (non-hydrogen) atoms.